The van der Waals surface area contributed by atoms with Gasteiger partial charge in [-0.2, -0.15) is 0 Å². The molecule has 0 bridgehead atoms. The SMILES string of the molecule is COc1cc(C)ccc1C(NN)c1cccc2ccsc12. The van der Waals surface area contributed by atoms with Crippen LogP contribution in [0.3, 0.4) is 0 Å². The van der Waals surface area contributed by atoms with E-state index in [0.29, 0.717) is 0 Å². The fraction of sp³-hybridized carbons (Fsp3) is 0.176. The van der Waals surface area contributed by atoms with Crippen LogP contribution in [0.5, 0.6) is 5.75 Å². The quantitative estimate of drug-likeness (QED) is 0.569. The lowest BCUT2D eigenvalue weighted by atomic mass is 9.96. The maximum absolute atomic E-state index is 5.86. The fourth-order valence-electron chi connectivity index (χ4n) is 2.65. The van der Waals surface area contributed by atoms with E-state index in [4.69, 9.17) is 10.6 Å². The molecule has 1 unspecified atom stereocenters. The molecule has 0 radical (unpaired) electrons. The molecule has 0 fully saturated rings. The van der Waals surface area contributed by atoms with Crippen molar-refractivity contribution in [3.63, 3.8) is 0 Å². The first-order valence-electron chi connectivity index (χ1n) is 6.81. The van der Waals surface area contributed by atoms with Crippen LogP contribution in [0.15, 0.2) is 47.8 Å². The van der Waals surface area contributed by atoms with Gasteiger partial charge in [0, 0.05) is 10.3 Å². The monoisotopic (exact) mass is 298 g/mol. The predicted octanol–water partition coefficient (Wildman–Crippen LogP) is 3.77. The summed E-state index contributed by atoms with van der Waals surface area (Å²) < 4.78 is 6.78. The minimum Gasteiger partial charge on any atom is -0.496 e. The molecule has 21 heavy (non-hydrogen) atoms. The molecule has 4 heteroatoms. The Bertz CT molecular complexity index is 766. The van der Waals surface area contributed by atoms with Crippen LogP contribution in [0.25, 0.3) is 10.1 Å². The lowest BCUT2D eigenvalue weighted by Crippen LogP contribution is -2.29. The topological polar surface area (TPSA) is 47.3 Å². The lowest BCUT2D eigenvalue weighted by Gasteiger charge is -2.20. The van der Waals surface area contributed by atoms with Crippen molar-refractivity contribution in [3.05, 3.63) is 64.5 Å². The van der Waals surface area contributed by atoms with Crippen LogP contribution in [-0.4, -0.2) is 7.11 Å². The van der Waals surface area contributed by atoms with Gasteiger partial charge >= 0.3 is 0 Å². The van der Waals surface area contributed by atoms with Gasteiger partial charge in [0.1, 0.15) is 5.75 Å². The highest BCUT2D eigenvalue weighted by atomic mass is 32.1. The van der Waals surface area contributed by atoms with Crippen molar-refractivity contribution >= 4 is 21.4 Å². The van der Waals surface area contributed by atoms with E-state index in [9.17, 15) is 0 Å². The van der Waals surface area contributed by atoms with E-state index in [1.165, 1.54) is 21.2 Å². The van der Waals surface area contributed by atoms with Gasteiger partial charge in [-0.25, -0.2) is 5.43 Å². The summed E-state index contributed by atoms with van der Waals surface area (Å²) in [4.78, 5) is 0. The molecule has 1 aromatic heterocycles. The van der Waals surface area contributed by atoms with Crippen LogP contribution in [0.1, 0.15) is 22.7 Å². The zero-order valence-electron chi connectivity index (χ0n) is 12.1. The van der Waals surface area contributed by atoms with E-state index in [-0.39, 0.29) is 6.04 Å². The summed E-state index contributed by atoms with van der Waals surface area (Å²) in [7, 11) is 1.69. The van der Waals surface area contributed by atoms with Crippen molar-refractivity contribution in [1.82, 2.24) is 5.43 Å². The van der Waals surface area contributed by atoms with Crippen molar-refractivity contribution in [2.45, 2.75) is 13.0 Å². The van der Waals surface area contributed by atoms with Crippen LogP contribution in [0, 0.1) is 6.92 Å². The van der Waals surface area contributed by atoms with E-state index >= 15 is 0 Å². The molecule has 3 aromatic rings. The molecule has 1 atom stereocenters. The molecular formula is C17H18N2OS. The Morgan fingerprint density at radius 2 is 2.00 bits per heavy atom. The zero-order chi connectivity index (χ0) is 14.8. The van der Waals surface area contributed by atoms with Crippen molar-refractivity contribution in [3.8, 4) is 5.75 Å². The molecule has 0 amide bonds. The molecule has 3 N–H and O–H groups in total. The first kappa shape index (κ1) is 14.1. The highest BCUT2D eigenvalue weighted by molar-refractivity contribution is 7.17. The second-order valence-corrected chi connectivity index (χ2v) is 5.95. The van der Waals surface area contributed by atoms with Crippen molar-refractivity contribution in [2.75, 3.05) is 7.11 Å². The van der Waals surface area contributed by atoms with Gasteiger partial charge in [-0.05, 0) is 40.9 Å². The molecule has 0 aliphatic carbocycles. The Kier molecular flexibility index (Phi) is 3.92. The summed E-state index contributed by atoms with van der Waals surface area (Å²) in [6.07, 6.45) is 0. The number of hydrazine groups is 1. The van der Waals surface area contributed by atoms with E-state index in [2.05, 4.69) is 54.1 Å². The maximum atomic E-state index is 5.86. The summed E-state index contributed by atoms with van der Waals surface area (Å²) in [6, 6.07) is 14.5. The fourth-order valence-corrected chi connectivity index (χ4v) is 3.59. The highest BCUT2D eigenvalue weighted by Gasteiger charge is 2.19. The third-order valence-corrected chi connectivity index (χ3v) is 4.67. The van der Waals surface area contributed by atoms with Crippen molar-refractivity contribution in [2.24, 2.45) is 5.84 Å². The normalized spacial score (nSPS) is 12.5. The second-order valence-electron chi connectivity index (χ2n) is 5.03. The molecule has 2 aromatic carbocycles. The third-order valence-electron chi connectivity index (χ3n) is 3.69. The van der Waals surface area contributed by atoms with Gasteiger partial charge in [0.25, 0.3) is 0 Å². The summed E-state index contributed by atoms with van der Waals surface area (Å²) in [5.74, 6) is 6.71. The average molecular weight is 298 g/mol. The number of benzene rings is 2. The number of nitrogens with one attached hydrogen (secondary N) is 1. The Morgan fingerprint density at radius 3 is 2.76 bits per heavy atom. The predicted molar refractivity (Wildman–Crippen MR) is 88.7 cm³/mol. The maximum Gasteiger partial charge on any atom is 0.124 e. The third kappa shape index (κ3) is 2.53. The van der Waals surface area contributed by atoms with Crippen molar-refractivity contribution in [1.29, 1.82) is 0 Å². The van der Waals surface area contributed by atoms with Gasteiger partial charge in [0.05, 0.1) is 13.2 Å². The largest absolute Gasteiger partial charge is 0.496 e. The van der Waals surface area contributed by atoms with E-state index in [1.54, 1.807) is 18.4 Å². The Balaban J connectivity index is 2.16. The van der Waals surface area contributed by atoms with Crippen LogP contribution in [-0.2, 0) is 0 Å². The minimum absolute atomic E-state index is 0.0945. The smallest absolute Gasteiger partial charge is 0.124 e. The summed E-state index contributed by atoms with van der Waals surface area (Å²) in [5, 5.41) is 3.34. The summed E-state index contributed by atoms with van der Waals surface area (Å²) in [5.41, 5.74) is 6.33. The molecule has 1 heterocycles. The van der Waals surface area contributed by atoms with Gasteiger partial charge in [-0.3, -0.25) is 5.84 Å². The molecule has 0 aliphatic heterocycles. The van der Waals surface area contributed by atoms with Gasteiger partial charge in [-0.15, -0.1) is 11.3 Å². The molecule has 3 nitrogen and oxygen atoms in total. The number of methoxy groups -OCH3 is 1. The van der Waals surface area contributed by atoms with Gasteiger partial charge in [0.15, 0.2) is 0 Å². The van der Waals surface area contributed by atoms with Gasteiger partial charge in [0.2, 0.25) is 0 Å². The number of thiophene rings is 1. The van der Waals surface area contributed by atoms with E-state index < -0.39 is 0 Å². The van der Waals surface area contributed by atoms with Crippen LogP contribution < -0.4 is 16.0 Å². The first-order valence-corrected chi connectivity index (χ1v) is 7.69. The summed E-state index contributed by atoms with van der Waals surface area (Å²) >= 11 is 1.73. The number of hydrogen-bond acceptors (Lipinski definition) is 4. The van der Waals surface area contributed by atoms with Crippen molar-refractivity contribution < 1.29 is 4.74 Å². The number of fused-ring (bicyclic) bond motifs is 1. The average Bonchev–Trinajstić information content (AvgIpc) is 2.98. The van der Waals surface area contributed by atoms with E-state index in [0.717, 1.165) is 11.3 Å². The molecule has 108 valence electrons. The van der Waals surface area contributed by atoms with Gasteiger partial charge in [-0.1, -0.05) is 30.3 Å². The number of rotatable bonds is 4. The molecule has 0 saturated heterocycles. The first-order chi connectivity index (χ1) is 10.2. The Morgan fingerprint density at radius 1 is 1.14 bits per heavy atom. The van der Waals surface area contributed by atoms with Crippen LogP contribution in [0.4, 0.5) is 0 Å². The molecule has 0 aliphatic rings. The zero-order valence-corrected chi connectivity index (χ0v) is 12.9. The summed E-state index contributed by atoms with van der Waals surface area (Å²) in [6.45, 7) is 2.05. The Hall–Kier alpha value is -1.88. The minimum atomic E-state index is -0.0945. The van der Waals surface area contributed by atoms with Crippen LogP contribution in [0.2, 0.25) is 0 Å². The van der Waals surface area contributed by atoms with Gasteiger partial charge < -0.3 is 4.74 Å². The molecule has 3 rings (SSSR count). The number of ether oxygens (including phenoxy) is 1. The number of aryl methyl sites for hydroxylation is 1. The van der Waals surface area contributed by atoms with Crippen LogP contribution >= 0.6 is 11.3 Å². The lowest BCUT2D eigenvalue weighted by molar-refractivity contribution is 0.404. The molecular weight excluding hydrogens is 280 g/mol. The molecule has 0 spiro atoms. The second kappa shape index (κ2) is 5.85. The number of hydrogen-bond donors (Lipinski definition) is 2. The standard InChI is InChI=1S/C17H18N2OS/c1-11-6-7-13(15(10-11)20-2)16(19-18)14-5-3-4-12-8-9-21-17(12)14/h3-10,16,19H,18H2,1-2H3. The number of nitrogens with two attached hydrogens (primary N) is 1. The molecule has 0 saturated carbocycles. The highest BCUT2D eigenvalue weighted by Crippen LogP contribution is 2.35. The Labute approximate surface area is 128 Å². The van der Waals surface area contributed by atoms with E-state index in [1.807, 2.05) is 6.07 Å².